The molecule has 0 atom stereocenters. The zero-order chi connectivity index (χ0) is 43.2. The van der Waals surface area contributed by atoms with Crippen molar-refractivity contribution in [3.8, 4) is 78.0 Å². The number of hydrogen-bond donors (Lipinski definition) is 1. The van der Waals surface area contributed by atoms with E-state index in [1.54, 1.807) is 18.2 Å². The van der Waals surface area contributed by atoms with Crippen LogP contribution in [0.3, 0.4) is 0 Å². The van der Waals surface area contributed by atoms with Crippen LogP contribution in [0.5, 0.6) is 0 Å². The average molecular weight is 1030 g/mol. The van der Waals surface area contributed by atoms with Crippen molar-refractivity contribution in [3.05, 3.63) is 237 Å². The van der Waals surface area contributed by atoms with Gasteiger partial charge in [0.25, 0.3) is 0 Å². The maximum atomic E-state index is 10.2. The van der Waals surface area contributed by atoms with Crippen molar-refractivity contribution >= 4 is 37.5 Å². The number of aromatic carboxylic acids is 1. The van der Waals surface area contributed by atoms with Crippen molar-refractivity contribution in [2.45, 2.75) is 0 Å². The zero-order valence-corrected chi connectivity index (χ0v) is 37.9. The van der Waals surface area contributed by atoms with Crippen LogP contribution in [0.2, 0.25) is 0 Å². The number of aromatic nitrogens is 3. The van der Waals surface area contributed by atoms with Crippen LogP contribution < -0.4 is 0 Å². The van der Waals surface area contributed by atoms with Crippen molar-refractivity contribution < 1.29 is 30.0 Å². The quantitative estimate of drug-likeness (QED) is 0.154. The Hall–Kier alpha value is -7.67. The molecular weight excluding hydrogens is 995 g/mol. The van der Waals surface area contributed by atoms with E-state index in [4.69, 9.17) is 10.1 Å². The number of hydrogen-bond acceptors (Lipinski definition) is 5. The van der Waals surface area contributed by atoms with Crippen molar-refractivity contribution in [1.29, 1.82) is 0 Å². The van der Waals surface area contributed by atoms with Gasteiger partial charge in [0.05, 0.1) is 0 Å². The van der Waals surface area contributed by atoms with Crippen molar-refractivity contribution in [2.24, 2.45) is 0 Å². The second-order valence-corrected chi connectivity index (χ2v) is 16.2. The Kier molecular flexibility index (Phi) is 12.7. The molecule has 0 unspecified atom stereocenters. The normalized spacial score (nSPS) is 10.8. The number of carbonyl (C=O) groups is 1. The van der Waals surface area contributed by atoms with Crippen LogP contribution in [-0.2, 0) is 20.1 Å². The molecule has 11 aromatic rings. The molecule has 0 spiro atoms. The van der Waals surface area contributed by atoms with Gasteiger partial charge in [0.15, 0.2) is 0 Å². The summed E-state index contributed by atoms with van der Waals surface area (Å²) in [7, 11) is 0. The molecule has 7 heteroatoms. The average Bonchev–Trinajstić information content (AvgIpc) is 3.77. The van der Waals surface area contributed by atoms with Gasteiger partial charge >= 0.3 is 0 Å². The summed E-state index contributed by atoms with van der Waals surface area (Å²) < 4.78 is 2.46. The van der Waals surface area contributed by atoms with Crippen LogP contribution in [0, 0.1) is 12.1 Å². The molecule has 313 valence electrons. The zero-order valence-electron chi connectivity index (χ0n) is 34.7. The van der Waals surface area contributed by atoms with E-state index < -0.39 is 5.97 Å². The van der Waals surface area contributed by atoms with Gasteiger partial charge in [-0.3, -0.25) is 9.97 Å². The molecule has 0 amide bonds. The van der Waals surface area contributed by atoms with Crippen molar-refractivity contribution in [2.75, 3.05) is 0 Å². The minimum absolute atomic E-state index is 0. The number of benzene rings is 7. The van der Waals surface area contributed by atoms with Gasteiger partial charge < -0.3 is 14.9 Å². The number of pyridine rings is 3. The first-order valence-corrected chi connectivity index (χ1v) is 21.6. The molecule has 0 saturated carbocycles. The van der Waals surface area contributed by atoms with E-state index >= 15 is 0 Å². The molecule has 0 aliphatic rings. The molecule has 0 saturated heterocycles. The van der Waals surface area contributed by atoms with Crippen molar-refractivity contribution in [1.82, 2.24) is 15.0 Å². The molecule has 0 fully saturated rings. The number of carboxylic acid groups (broad SMARTS) is 1. The predicted molar refractivity (Wildman–Crippen MR) is 262 cm³/mol. The Labute approximate surface area is 394 Å². The minimum atomic E-state index is -0.935. The van der Waals surface area contributed by atoms with Gasteiger partial charge in [0.1, 0.15) is 0 Å². The minimum Gasteiger partial charge on any atom is -0.521 e. The van der Waals surface area contributed by atoms with E-state index in [-0.39, 0.29) is 25.7 Å². The topological polar surface area (TPSA) is 76.0 Å². The molecule has 0 bridgehead atoms. The molecule has 5 nitrogen and oxygen atoms in total. The first-order valence-electron chi connectivity index (χ1n) is 20.8. The summed E-state index contributed by atoms with van der Waals surface area (Å²) in [6, 6.07) is 70.5. The van der Waals surface area contributed by atoms with Crippen molar-refractivity contribution in [3.63, 3.8) is 0 Å². The Bertz CT molecular complexity index is 3310. The smallest absolute Gasteiger partial charge is 0.247 e. The Balaban J connectivity index is 0.000000479. The maximum Gasteiger partial charge on any atom is 0.247 e. The van der Waals surface area contributed by atoms with E-state index in [0.717, 1.165) is 78.0 Å². The van der Waals surface area contributed by atoms with Gasteiger partial charge in [-0.1, -0.05) is 109 Å². The molecule has 4 aromatic heterocycles. The van der Waals surface area contributed by atoms with E-state index in [1.807, 2.05) is 60.4 Å². The fourth-order valence-electron chi connectivity index (χ4n) is 8.27. The Morgan fingerprint density at radius 3 is 1.46 bits per heavy atom. The molecule has 1 radical (unpaired) electrons. The van der Waals surface area contributed by atoms with Gasteiger partial charge in [-0.25, -0.2) is 0 Å². The van der Waals surface area contributed by atoms with Gasteiger partial charge in [0.2, 0.25) is 5.97 Å². The fourth-order valence-corrected chi connectivity index (χ4v) is 9.49. The van der Waals surface area contributed by atoms with Gasteiger partial charge in [-0.15, -0.1) is 77.6 Å². The van der Waals surface area contributed by atoms with Gasteiger partial charge in [0, 0.05) is 77.2 Å². The summed E-state index contributed by atoms with van der Waals surface area (Å²) in [5.41, 5.74) is 15.7. The number of rotatable bonds is 8. The van der Waals surface area contributed by atoms with Crippen LogP contribution in [0.1, 0.15) is 10.4 Å². The third kappa shape index (κ3) is 8.82. The maximum absolute atomic E-state index is 10.2. The third-order valence-corrected chi connectivity index (χ3v) is 12.4. The standard InChI is InChI=1S/C51H32N3S.C7H5O2.Ir/c1-2-14-34(15-3-1)50-49-46-24-10-11-25-48(46)55-51(49)47(33-54-50)45-23-9-8-22-44(45)39-29-37(42-20-6-4-18-40(42)35-16-12-26-52-31-35)28-38(30-39)43-21-7-5-19-41(43)36-17-13-27-53-32-36;8-7(9)6-4-2-1-3-5-6;/h1-14,16-33H;1-4H,(H,8,9);/q2*-1;. The van der Waals surface area contributed by atoms with E-state index in [1.165, 1.54) is 26.2 Å². The number of fused-ring (bicyclic) bond motifs is 3. The summed E-state index contributed by atoms with van der Waals surface area (Å²) in [6.07, 6.45) is 9.59. The molecule has 65 heavy (non-hydrogen) atoms. The largest absolute Gasteiger partial charge is 0.521 e. The third-order valence-electron chi connectivity index (χ3n) is 11.2. The van der Waals surface area contributed by atoms with Crippen LogP contribution in [0.25, 0.3) is 98.2 Å². The monoisotopic (exact) mass is 1030 g/mol. The first kappa shape index (κ1) is 42.6. The number of thiophene rings is 1. The van der Waals surface area contributed by atoms with Crippen LogP contribution in [-0.4, -0.2) is 26.0 Å². The summed E-state index contributed by atoms with van der Waals surface area (Å²) in [4.78, 5) is 24.3. The van der Waals surface area contributed by atoms with E-state index in [2.05, 4.69) is 168 Å². The molecule has 7 aromatic carbocycles. The second-order valence-electron chi connectivity index (χ2n) is 15.1. The van der Waals surface area contributed by atoms with Crippen LogP contribution in [0.15, 0.2) is 219 Å². The second kappa shape index (κ2) is 19.4. The van der Waals surface area contributed by atoms with Crippen LogP contribution >= 0.6 is 11.3 Å². The Morgan fingerprint density at radius 1 is 0.477 bits per heavy atom. The predicted octanol–water partition coefficient (Wildman–Crippen LogP) is 14.9. The van der Waals surface area contributed by atoms with Crippen LogP contribution in [0.4, 0.5) is 0 Å². The summed E-state index contributed by atoms with van der Waals surface area (Å²) in [6.45, 7) is 0. The van der Waals surface area contributed by atoms with Gasteiger partial charge in [-0.05, 0) is 103 Å². The molecule has 0 aliphatic heterocycles. The SMILES string of the molecule is O=C(O)c1[c-]cccc1.[Ir].[c-]1ccccc1-c1ncc(-c2ccccc2-c2cc(-c3ccccc3-c3cccnc3)cc(-c3ccccc3-c3cccnc3)c2)c2sc3ccccc3c12. The van der Waals surface area contributed by atoms with Gasteiger partial charge in [-0.2, -0.15) is 0 Å². The first-order chi connectivity index (χ1) is 31.6. The molecular formula is C58H37IrN3O2S-2. The molecule has 1 N–H and O–H groups in total. The van der Waals surface area contributed by atoms with E-state index in [0.29, 0.717) is 0 Å². The number of carboxylic acids is 1. The molecule has 4 heterocycles. The summed E-state index contributed by atoms with van der Waals surface area (Å²) in [5, 5.41) is 10.7. The number of nitrogens with zero attached hydrogens (tertiary/aromatic N) is 3. The molecule has 0 aliphatic carbocycles. The van der Waals surface area contributed by atoms with E-state index in [9.17, 15) is 4.79 Å². The fraction of sp³-hybridized carbons (Fsp3) is 0. The molecule has 11 rings (SSSR count). The summed E-state index contributed by atoms with van der Waals surface area (Å²) in [5.74, 6) is -0.935. The Morgan fingerprint density at radius 2 is 0.969 bits per heavy atom. The summed E-state index contributed by atoms with van der Waals surface area (Å²) >= 11 is 1.83.